The third-order valence-corrected chi connectivity index (χ3v) is 2.51. The maximum atomic E-state index is 12.0. The van der Waals surface area contributed by atoms with E-state index in [-0.39, 0.29) is 11.7 Å². The largest absolute Gasteiger partial charge is 0.435 e. The number of benzene rings is 1. The van der Waals surface area contributed by atoms with E-state index in [2.05, 4.69) is 15.0 Å². The summed E-state index contributed by atoms with van der Waals surface area (Å²) in [7, 11) is 0. The monoisotopic (exact) mass is 278 g/mol. The molecule has 0 aliphatic carbocycles. The van der Waals surface area contributed by atoms with Crippen LogP contribution in [0.3, 0.4) is 0 Å². The molecule has 1 heterocycles. The maximum absolute atomic E-state index is 12.0. The molecule has 20 heavy (non-hydrogen) atoms. The van der Waals surface area contributed by atoms with Crippen LogP contribution in [0, 0.1) is 6.92 Å². The lowest BCUT2D eigenvalue weighted by molar-refractivity contribution is -0.0498. The maximum Gasteiger partial charge on any atom is 0.387 e. The van der Waals surface area contributed by atoms with Gasteiger partial charge in [0.1, 0.15) is 5.75 Å². The number of anilines is 1. The van der Waals surface area contributed by atoms with Crippen LogP contribution in [-0.2, 0) is 0 Å². The lowest BCUT2D eigenvalue weighted by Gasteiger charge is -2.07. The number of aromatic nitrogens is 1. The molecule has 1 amide bonds. The topological polar surface area (TPSA) is 51.2 Å². The molecule has 104 valence electrons. The molecule has 4 nitrogen and oxygen atoms in total. The lowest BCUT2D eigenvalue weighted by Crippen LogP contribution is -2.12. The van der Waals surface area contributed by atoms with Gasteiger partial charge in [-0.1, -0.05) is 0 Å². The van der Waals surface area contributed by atoms with Crippen LogP contribution in [-0.4, -0.2) is 17.5 Å². The second-order valence-corrected chi connectivity index (χ2v) is 4.05. The number of nitrogens with zero attached hydrogens (tertiary/aromatic N) is 1. The third-order valence-electron chi connectivity index (χ3n) is 2.51. The van der Waals surface area contributed by atoms with Crippen molar-refractivity contribution in [3.63, 3.8) is 0 Å². The van der Waals surface area contributed by atoms with E-state index in [9.17, 15) is 13.6 Å². The second-order valence-electron chi connectivity index (χ2n) is 4.05. The Kier molecular flexibility index (Phi) is 4.24. The van der Waals surface area contributed by atoms with Gasteiger partial charge in [0.2, 0.25) is 0 Å². The SMILES string of the molecule is Cc1ccc(C(=O)Nc2ccc(OC(F)F)cc2)cn1. The number of amides is 1. The number of pyridine rings is 1. The Morgan fingerprint density at radius 1 is 1.20 bits per heavy atom. The molecule has 0 saturated carbocycles. The molecule has 0 unspecified atom stereocenters. The van der Waals surface area contributed by atoms with Gasteiger partial charge in [-0.25, -0.2) is 0 Å². The number of hydrogen-bond donors (Lipinski definition) is 1. The van der Waals surface area contributed by atoms with E-state index >= 15 is 0 Å². The number of rotatable bonds is 4. The summed E-state index contributed by atoms with van der Waals surface area (Å²) in [5, 5.41) is 2.64. The van der Waals surface area contributed by atoms with E-state index in [1.54, 1.807) is 12.1 Å². The molecule has 0 spiro atoms. The molecule has 6 heteroatoms. The van der Waals surface area contributed by atoms with E-state index in [0.717, 1.165) is 5.69 Å². The van der Waals surface area contributed by atoms with Crippen molar-refractivity contribution >= 4 is 11.6 Å². The van der Waals surface area contributed by atoms with Crippen LogP contribution in [0.5, 0.6) is 5.75 Å². The Hall–Kier alpha value is -2.50. The van der Waals surface area contributed by atoms with E-state index in [1.165, 1.54) is 30.5 Å². The first-order valence-electron chi connectivity index (χ1n) is 5.83. The average Bonchev–Trinajstić information content (AvgIpc) is 2.41. The predicted octanol–water partition coefficient (Wildman–Crippen LogP) is 3.24. The minimum Gasteiger partial charge on any atom is -0.435 e. The molecule has 2 rings (SSSR count). The minimum atomic E-state index is -2.87. The summed E-state index contributed by atoms with van der Waals surface area (Å²) in [6.45, 7) is -1.04. The number of ether oxygens (including phenoxy) is 1. The Morgan fingerprint density at radius 2 is 1.90 bits per heavy atom. The average molecular weight is 278 g/mol. The highest BCUT2D eigenvalue weighted by molar-refractivity contribution is 6.04. The summed E-state index contributed by atoms with van der Waals surface area (Å²) in [4.78, 5) is 15.9. The van der Waals surface area contributed by atoms with Gasteiger partial charge in [0.05, 0.1) is 5.56 Å². The summed E-state index contributed by atoms with van der Waals surface area (Å²) in [5.74, 6) is -0.282. The van der Waals surface area contributed by atoms with Crippen LogP contribution in [0.15, 0.2) is 42.6 Å². The molecule has 0 saturated heterocycles. The predicted molar refractivity (Wildman–Crippen MR) is 70.0 cm³/mol. The van der Waals surface area contributed by atoms with Crippen molar-refractivity contribution in [1.82, 2.24) is 4.98 Å². The van der Waals surface area contributed by atoms with E-state index in [4.69, 9.17) is 0 Å². The molecular formula is C14H12F2N2O2. The first kappa shape index (κ1) is 13.9. The quantitative estimate of drug-likeness (QED) is 0.934. The number of alkyl halides is 2. The summed E-state index contributed by atoms with van der Waals surface area (Å²) in [6, 6.07) is 9.07. The fourth-order valence-electron chi connectivity index (χ4n) is 1.53. The molecule has 0 fully saturated rings. The van der Waals surface area contributed by atoms with Gasteiger partial charge in [0, 0.05) is 17.6 Å². The van der Waals surface area contributed by atoms with Crippen molar-refractivity contribution < 1.29 is 18.3 Å². The molecule has 0 aliphatic rings. The van der Waals surface area contributed by atoms with Crippen molar-refractivity contribution in [2.45, 2.75) is 13.5 Å². The van der Waals surface area contributed by atoms with Crippen molar-refractivity contribution in [1.29, 1.82) is 0 Å². The summed E-state index contributed by atoms with van der Waals surface area (Å²) < 4.78 is 28.2. The Balaban J connectivity index is 2.02. The number of carbonyl (C=O) groups is 1. The summed E-state index contributed by atoms with van der Waals surface area (Å²) in [6.07, 6.45) is 1.47. The molecule has 0 bridgehead atoms. The van der Waals surface area contributed by atoms with Gasteiger partial charge in [0.15, 0.2) is 0 Å². The number of carbonyl (C=O) groups excluding carboxylic acids is 1. The number of hydrogen-bond acceptors (Lipinski definition) is 3. The standard InChI is InChI=1S/C14H12F2N2O2/c1-9-2-3-10(8-17-9)13(19)18-11-4-6-12(7-5-11)20-14(15)16/h2-8,14H,1H3,(H,18,19). The van der Waals surface area contributed by atoms with Gasteiger partial charge in [-0.15, -0.1) is 0 Å². The summed E-state index contributed by atoms with van der Waals surface area (Å²) >= 11 is 0. The van der Waals surface area contributed by atoms with Crippen LogP contribution in [0.1, 0.15) is 16.1 Å². The second kappa shape index (κ2) is 6.10. The van der Waals surface area contributed by atoms with Gasteiger partial charge in [0.25, 0.3) is 5.91 Å². The number of nitrogens with one attached hydrogen (secondary N) is 1. The van der Waals surface area contributed by atoms with Crippen LogP contribution in [0.25, 0.3) is 0 Å². The van der Waals surface area contributed by atoms with E-state index < -0.39 is 6.61 Å². The minimum absolute atomic E-state index is 0.0370. The first-order chi connectivity index (χ1) is 9.54. The van der Waals surface area contributed by atoms with Gasteiger partial charge in [-0.2, -0.15) is 8.78 Å². The van der Waals surface area contributed by atoms with Crippen molar-refractivity contribution in [2.24, 2.45) is 0 Å². The lowest BCUT2D eigenvalue weighted by atomic mass is 10.2. The van der Waals surface area contributed by atoms with Gasteiger partial charge in [-0.3, -0.25) is 9.78 Å². The zero-order chi connectivity index (χ0) is 14.5. The van der Waals surface area contributed by atoms with Crippen molar-refractivity contribution in [3.8, 4) is 5.75 Å². The molecule has 0 radical (unpaired) electrons. The molecule has 1 aromatic carbocycles. The Bertz CT molecular complexity index is 583. The van der Waals surface area contributed by atoms with Crippen molar-refractivity contribution in [2.75, 3.05) is 5.32 Å². The highest BCUT2D eigenvalue weighted by Gasteiger charge is 2.07. The van der Waals surface area contributed by atoms with Crippen LogP contribution in [0.4, 0.5) is 14.5 Å². The van der Waals surface area contributed by atoms with Gasteiger partial charge >= 0.3 is 6.61 Å². The fraction of sp³-hybridized carbons (Fsp3) is 0.143. The molecular weight excluding hydrogens is 266 g/mol. The highest BCUT2D eigenvalue weighted by Crippen LogP contribution is 2.18. The number of halogens is 2. The molecule has 0 atom stereocenters. The van der Waals surface area contributed by atoms with Crippen LogP contribution < -0.4 is 10.1 Å². The van der Waals surface area contributed by atoms with Crippen LogP contribution >= 0.6 is 0 Å². The molecule has 1 N–H and O–H groups in total. The third kappa shape index (κ3) is 3.74. The van der Waals surface area contributed by atoms with Crippen LogP contribution in [0.2, 0.25) is 0 Å². The zero-order valence-corrected chi connectivity index (χ0v) is 10.6. The van der Waals surface area contributed by atoms with E-state index in [0.29, 0.717) is 11.3 Å². The Labute approximate surface area is 114 Å². The van der Waals surface area contributed by atoms with Crippen molar-refractivity contribution in [3.05, 3.63) is 53.9 Å². The number of aryl methyl sites for hydroxylation is 1. The Morgan fingerprint density at radius 3 is 2.45 bits per heavy atom. The molecule has 1 aromatic heterocycles. The summed E-state index contributed by atoms with van der Waals surface area (Å²) in [5.41, 5.74) is 1.72. The van der Waals surface area contributed by atoms with Gasteiger partial charge in [-0.05, 0) is 43.3 Å². The van der Waals surface area contributed by atoms with Gasteiger partial charge < -0.3 is 10.1 Å². The zero-order valence-electron chi connectivity index (χ0n) is 10.6. The highest BCUT2D eigenvalue weighted by atomic mass is 19.3. The normalized spacial score (nSPS) is 10.4. The fourth-order valence-corrected chi connectivity index (χ4v) is 1.53. The molecule has 2 aromatic rings. The van der Waals surface area contributed by atoms with E-state index in [1.807, 2.05) is 6.92 Å². The smallest absolute Gasteiger partial charge is 0.387 e. The first-order valence-corrected chi connectivity index (χ1v) is 5.83. The molecule has 0 aliphatic heterocycles.